The van der Waals surface area contributed by atoms with Crippen molar-refractivity contribution < 1.29 is 18.3 Å². The fraction of sp³-hybridized carbons (Fsp3) is 0.259. The number of nitrogens with zero attached hydrogens (tertiary/aromatic N) is 4. The van der Waals surface area contributed by atoms with E-state index in [2.05, 4.69) is 20.6 Å². The van der Waals surface area contributed by atoms with Crippen molar-refractivity contribution >= 4 is 22.5 Å². The van der Waals surface area contributed by atoms with Gasteiger partial charge in [-0.1, -0.05) is 44.2 Å². The lowest BCUT2D eigenvalue weighted by molar-refractivity contribution is -0.145. The van der Waals surface area contributed by atoms with Crippen molar-refractivity contribution in [2.45, 2.75) is 38.8 Å². The molecule has 11 heteroatoms. The molecule has 196 valence electrons. The third kappa shape index (κ3) is 4.86. The second kappa shape index (κ2) is 9.73. The maximum absolute atomic E-state index is 13.8. The van der Waals surface area contributed by atoms with E-state index >= 15 is 0 Å². The Balaban J connectivity index is 1.49. The van der Waals surface area contributed by atoms with Gasteiger partial charge in [0.05, 0.1) is 23.4 Å². The molecule has 0 radical (unpaired) electrons. The fourth-order valence-electron chi connectivity index (χ4n) is 4.32. The van der Waals surface area contributed by atoms with E-state index in [1.54, 1.807) is 41.3 Å². The summed E-state index contributed by atoms with van der Waals surface area (Å²) in [6, 6.07) is 17.3. The third-order valence-corrected chi connectivity index (χ3v) is 6.31. The maximum atomic E-state index is 13.8. The smallest absolute Gasteiger partial charge is 0.347 e. The molecule has 0 aliphatic rings. The van der Waals surface area contributed by atoms with Crippen LogP contribution < -0.4 is 15.7 Å². The van der Waals surface area contributed by atoms with Gasteiger partial charge in [-0.2, -0.15) is 19.0 Å². The van der Waals surface area contributed by atoms with Crippen molar-refractivity contribution in [3.8, 4) is 11.4 Å². The summed E-state index contributed by atoms with van der Waals surface area (Å²) >= 11 is 0. The van der Waals surface area contributed by atoms with Crippen LogP contribution in [0.5, 0.6) is 5.75 Å². The topological polar surface area (TPSA) is 106 Å². The Morgan fingerprint density at radius 3 is 2.58 bits per heavy atom. The summed E-state index contributed by atoms with van der Waals surface area (Å²) in [7, 11) is 0. The van der Waals surface area contributed by atoms with Gasteiger partial charge >= 0.3 is 11.6 Å². The van der Waals surface area contributed by atoms with Gasteiger partial charge in [0.25, 0.3) is 5.91 Å². The van der Waals surface area contributed by atoms with Crippen molar-refractivity contribution in [3.05, 3.63) is 89.1 Å². The number of hydrogen-bond acceptors (Lipinski definition) is 5. The second-order valence-electron chi connectivity index (χ2n) is 9.50. The van der Waals surface area contributed by atoms with Gasteiger partial charge in [-0.3, -0.25) is 4.79 Å². The van der Waals surface area contributed by atoms with Crippen LogP contribution >= 0.6 is 0 Å². The zero-order valence-corrected chi connectivity index (χ0v) is 20.9. The van der Waals surface area contributed by atoms with Crippen LogP contribution in [-0.4, -0.2) is 42.3 Å². The van der Waals surface area contributed by atoms with Crippen LogP contribution in [0.3, 0.4) is 0 Å². The highest BCUT2D eigenvalue weighted by Gasteiger charge is 2.37. The number of aromatic amines is 1. The Hall–Kier alpha value is -4.54. The summed E-state index contributed by atoms with van der Waals surface area (Å²) in [5.41, 5.74) is 2.30. The maximum Gasteiger partial charge on any atom is 0.347 e. The van der Waals surface area contributed by atoms with Crippen LogP contribution in [0.2, 0.25) is 0 Å². The molecule has 5 aromatic rings. The van der Waals surface area contributed by atoms with Crippen LogP contribution in [0.25, 0.3) is 22.2 Å². The van der Waals surface area contributed by atoms with E-state index < -0.39 is 24.0 Å². The number of alkyl halides is 2. The normalized spacial score (nSPS) is 13.6. The predicted molar refractivity (Wildman–Crippen MR) is 138 cm³/mol. The number of hydrogen-bond donors (Lipinski definition) is 2. The zero-order valence-electron chi connectivity index (χ0n) is 20.9. The molecular formula is C27H26F2N6O3. The van der Waals surface area contributed by atoms with Crippen molar-refractivity contribution in [2.75, 3.05) is 0 Å². The minimum absolute atomic E-state index is 0.209. The van der Waals surface area contributed by atoms with Crippen molar-refractivity contribution in [2.24, 2.45) is 5.92 Å². The van der Waals surface area contributed by atoms with Crippen LogP contribution in [0.4, 0.5) is 8.78 Å². The van der Waals surface area contributed by atoms with Gasteiger partial charge in [-0.05, 0) is 41.8 Å². The highest BCUT2D eigenvalue weighted by atomic mass is 19.3. The molecule has 0 saturated heterocycles. The van der Waals surface area contributed by atoms with Crippen LogP contribution in [-0.2, 0) is 4.79 Å². The first-order valence-corrected chi connectivity index (χ1v) is 12.1. The molecule has 0 saturated carbocycles. The second-order valence-corrected chi connectivity index (χ2v) is 9.50. The van der Waals surface area contributed by atoms with Crippen molar-refractivity contribution in [1.82, 2.24) is 29.7 Å². The van der Waals surface area contributed by atoms with Crippen molar-refractivity contribution in [3.63, 3.8) is 0 Å². The number of nitrogens with one attached hydrogen (secondary N) is 2. The number of amides is 1. The molecule has 2 atom stereocenters. The average molecular weight is 521 g/mol. The predicted octanol–water partition coefficient (Wildman–Crippen LogP) is 4.28. The Morgan fingerprint density at radius 1 is 1.11 bits per heavy atom. The Morgan fingerprint density at radius 2 is 1.87 bits per heavy atom. The molecule has 2 aromatic carbocycles. The number of ether oxygens (including phenoxy) is 1. The van der Waals surface area contributed by atoms with Crippen LogP contribution in [0.15, 0.2) is 77.9 Å². The average Bonchev–Trinajstić information content (AvgIpc) is 3.48. The minimum atomic E-state index is -3.52. The van der Waals surface area contributed by atoms with Crippen molar-refractivity contribution in [1.29, 1.82) is 0 Å². The van der Waals surface area contributed by atoms with Gasteiger partial charge in [0.1, 0.15) is 11.9 Å². The summed E-state index contributed by atoms with van der Waals surface area (Å²) in [5.74, 6) is -4.60. The Kier molecular flexibility index (Phi) is 6.43. The quantitative estimate of drug-likeness (QED) is 0.318. The highest BCUT2D eigenvalue weighted by Crippen LogP contribution is 2.31. The van der Waals surface area contributed by atoms with Gasteiger partial charge in [0, 0.05) is 18.5 Å². The van der Waals surface area contributed by atoms with E-state index in [-0.39, 0.29) is 11.6 Å². The van der Waals surface area contributed by atoms with Crippen LogP contribution in [0.1, 0.15) is 32.4 Å². The van der Waals surface area contributed by atoms with E-state index in [0.717, 1.165) is 16.5 Å². The SMILES string of the molecule is CC(C)[C@H](NC(=O)C(C)(F)F)[C@H](Oc1ccc2c(cnn2-c2ccc3n[nH]c(=O)n3c2)c1)c1ccccc1. The summed E-state index contributed by atoms with van der Waals surface area (Å²) in [4.78, 5) is 24.2. The number of rotatable bonds is 8. The van der Waals surface area contributed by atoms with E-state index in [0.29, 0.717) is 24.0 Å². The first-order chi connectivity index (χ1) is 18.1. The van der Waals surface area contributed by atoms with E-state index in [1.165, 1.54) is 4.40 Å². The number of halogens is 2. The molecule has 38 heavy (non-hydrogen) atoms. The third-order valence-electron chi connectivity index (χ3n) is 6.31. The van der Waals surface area contributed by atoms with E-state index in [9.17, 15) is 18.4 Å². The molecule has 9 nitrogen and oxygen atoms in total. The molecule has 0 spiro atoms. The molecule has 3 aromatic heterocycles. The van der Waals surface area contributed by atoms with Gasteiger partial charge < -0.3 is 10.1 Å². The number of benzene rings is 2. The van der Waals surface area contributed by atoms with Gasteiger partial charge in [-0.15, -0.1) is 0 Å². The first-order valence-electron chi connectivity index (χ1n) is 12.1. The number of H-pyrrole nitrogens is 1. The van der Waals surface area contributed by atoms with Gasteiger partial charge in [-0.25, -0.2) is 19.0 Å². The molecule has 0 fully saturated rings. The Bertz CT molecular complexity index is 1650. The highest BCUT2D eigenvalue weighted by molar-refractivity contribution is 5.83. The lowest BCUT2D eigenvalue weighted by Crippen LogP contribution is -2.49. The molecule has 3 heterocycles. The molecule has 0 bridgehead atoms. The summed E-state index contributed by atoms with van der Waals surface area (Å²) in [6.07, 6.45) is 2.58. The number of fused-ring (bicyclic) bond motifs is 2. The first kappa shape index (κ1) is 25.1. The standard InChI is InChI=1S/C27H26F2N6O3/c1-16(2)23(31-25(36)27(3,28)29)24(17-7-5-4-6-8-17)38-20-10-11-21-18(13-20)14-30-35(21)19-9-12-22-32-33-26(37)34(22)15-19/h4-16,23-24H,1-3H3,(H,31,36)(H,33,37)/t23-,24+/m0/s1. The molecule has 0 aliphatic carbocycles. The van der Waals surface area contributed by atoms with Gasteiger partial charge in [0.2, 0.25) is 0 Å². The number of carbonyl (C=O) groups excluding carboxylic acids is 1. The van der Waals surface area contributed by atoms with E-state index in [4.69, 9.17) is 4.74 Å². The van der Waals surface area contributed by atoms with E-state index in [1.807, 2.05) is 50.2 Å². The molecule has 0 unspecified atom stereocenters. The minimum Gasteiger partial charge on any atom is -0.484 e. The van der Waals surface area contributed by atoms with Gasteiger partial charge in [0.15, 0.2) is 5.65 Å². The Labute approximate surface area is 216 Å². The van der Waals surface area contributed by atoms with Crippen LogP contribution in [0, 0.1) is 5.92 Å². The molecular weight excluding hydrogens is 494 g/mol. The molecule has 1 amide bonds. The lowest BCUT2D eigenvalue weighted by atomic mass is 9.92. The largest absolute Gasteiger partial charge is 0.484 e. The monoisotopic (exact) mass is 520 g/mol. The number of carbonyl (C=O) groups is 1. The summed E-state index contributed by atoms with van der Waals surface area (Å²) in [5, 5.41) is 14.1. The zero-order chi connectivity index (χ0) is 27.0. The fourth-order valence-corrected chi connectivity index (χ4v) is 4.32. The molecule has 0 aliphatic heterocycles. The lowest BCUT2D eigenvalue weighted by Gasteiger charge is -2.32. The number of aromatic nitrogens is 5. The molecule has 5 rings (SSSR count). The number of pyridine rings is 1. The summed E-state index contributed by atoms with van der Waals surface area (Å²) < 4.78 is 37.0. The molecule has 2 N–H and O–H groups in total. The summed E-state index contributed by atoms with van der Waals surface area (Å²) in [6.45, 7) is 4.26.